The topological polar surface area (TPSA) is 63.9 Å². The van der Waals surface area contributed by atoms with Crippen molar-refractivity contribution in [2.75, 3.05) is 19.7 Å². The molecule has 1 saturated carbocycles. The molecule has 1 heterocycles. The molecule has 0 aromatic carbocycles. The lowest BCUT2D eigenvalue weighted by atomic mass is 9.80. The maximum Gasteiger partial charge on any atom is 0.0897 e. The van der Waals surface area contributed by atoms with Crippen LogP contribution in [0.4, 0.5) is 0 Å². The normalized spacial score (nSPS) is 37.2. The first-order valence-corrected chi connectivity index (χ1v) is 6.93. The summed E-state index contributed by atoms with van der Waals surface area (Å²) in [6.45, 7) is 1.37. The Kier molecular flexibility index (Phi) is 4.79. The molecule has 0 aromatic heterocycles. The van der Waals surface area contributed by atoms with E-state index in [1.165, 1.54) is 6.42 Å². The fourth-order valence-electron chi connectivity index (χ4n) is 3.48. The molecule has 4 heteroatoms. The van der Waals surface area contributed by atoms with Gasteiger partial charge in [0.05, 0.1) is 18.8 Å². The van der Waals surface area contributed by atoms with Gasteiger partial charge in [-0.15, -0.1) is 0 Å². The van der Waals surface area contributed by atoms with Gasteiger partial charge in [0.1, 0.15) is 0 Å². The molecule has 0 amide bonds. The first-order chi connectivity index (χ1) is 8.22. The Hall–Kier alpha value is -0.160. The molecule has 2 aliphatic rings. The molecule has 17 heavy (non-hydrogen) atoms. The summed E-state index contributed by atoms with van der Waals surface area (Å²) in [5.74, 6) is 0.372. The molecule has 100 valence electrons. The van der Waals surface area contributed by atoms with Gasteiger partial charge in [0, 0.05) is 18.5 Å². The van der Waals surface area contributed by atoms with Crippen molar-refractivity contribution in [1.82, 2.24) is 4.90 Å². The highest BCUT2D eigenvalue weighted by Crippen LogP contribution is 2.34. The summed E-state index contributed by atoms with van der Waals surface area (Å²) < 4.78 is 0. The summed E-state index contributed by atoms with van der Waals surface area (Å²) in [5.41, 5.74) is 0. The van der Waals surface area contributed by atoms with Crippen LogP contribution in [-0.4, -0.2) is 58.2 Å². The Morgan fingerprint density at radius 2 is 1.88 bits per heavy atom. The molecule has 0 spiro atoms. The van der Waals surface area contributed by atoms with Crippen LogP contribution in [0, 0.1) is 5.92 Å². The number of aliphatic hydroxyl groups is 3. The first kappa shape index (κ1) is 13.3. The molecule has 2 fully saturated rings. The van der Waals surface area contributed by atoms with Gasteiger partial charge < -0.3 is 15.3 Å². The van der Waals surface area contributed by atoms with E-state index in [2.05, 4.69) is 4.90 Å². The second-order valence-electron chi connectivity index (χ2n) is 5.56. The van der Waals surface area contributed by atoms with Crippen LogP contribution < -0.4 is 0 Å². The van der Waals surface area contributed by atoms with Crippen molar-refractivity contribution in [2.24, 2.45) is 5.92 Å². The minimum absolute atomic E-state index is 0.166. The van der Waals surface area contributed by atoms with E-state index in [1.807, 2.05) is 0 Å². The zero-order valence-corrected chi connectivity index (χ0v) is 10.5. The van der Waals surface area contributed by atoms with Crippen molar-refractivity contribution in [3.8, 4) is 0 Å². The molecular formula is C13H25NO3. The van der Waals surface area contributed by atoms with Crippen molar-refractivity contribution in [1.29, 1.82) is 0 Å². The van der Waals surface area contributed by atoms with Crippen LogP contribution in [-0.2, 0) is 0 Å². The third-order valence-electron chi connectivity index (χ3n) is 4.35. The summed E-state index contributed by atoms with van der Waals surface area (Å²) in [6.07, 6.45) is 5.86. The fourth-order valence-corrected chi connectivity index (χ4v) is 3.48. The van der Waals surface area contributed by atoms with Crippen molar-refractivity contribution >= 4 is 0 Å². The second kappa shape index (κ2) is 6.14. The fraction of sp³-hybridized carbons (Fsp3) is 1.00. The number of hydrogen-bond donors (Lipinski definition) is 3. The summed E-state index contributed by atoms with van der Waals surface area (Å²) in [4.78, 5) is 2.26. The SMILES string of the molecule is OCC(O)CN1CCCC1C1CCCCC1O. The standard InChI is InChI=1S/C13H25NO3/c15-9-10(16)8-14-7-3-5-12(14)11-4-1-2-6-13(11)17/h10-13,15-17H,1-9H2. The van der Waals surface area contributed by atoms with Crippen LogP contribution in [0.25, 0.3) is 0 Å². The molecule has 3 N–H and O–H groups in total. The summed E-state index contributed by atoms with van der Waals surface area (Å²) in [5, 5.41) is 28.6. The number of rotatable bonds is 4. The van der Waals surface area contributed by atoms with Crippen LogP contribution in [0.1, 0.15) is 38.5 Å². The monoisotopic (exact) mass is 243 g/mol. The lowest BCUT2D eigenvalue weighted by Crippen LogP contribution is -2.45. The molecular weight excluding hydrogens is 218 g/mol. The smallest absolute Gasteiger partial charge is 0.0897 e. The van der Waals surface area contributed by atoms with Crippen LogP contribution in [0.15, 0.2) is 0 Å². The van der Waals surface area contributed by atoms with E-state index in [4.69, 9.17) is 5.11 Å². The van der Waals surface area contributed by atoms with Crippen LogP contribution in [0.3, 0.4) is 0 Å². The minimum Gasteiger partial charge on any atom is -0.394 e. The molecule has 1 saturated heterocycles. The maximum atomic E-state index is 10.1. The minimum atomic E-state index is -0.642. The van der Waals surface area contributed by atoms with Gasteiger partial charge in [-0.3, -0.25) is 4.90 Å². The molecule has 0 bridgehead atoms. The Morgan fingerprint density at radius 3 is 2.59 bits per heavy atom. The molecule has 2 rings (SSSR count). The van der Waals surface area contributed by atoms with E-state index in [0.717, 1.165) is 38.6 Å². The largest absolute Gasteiger partial charge is 0.394 e. The van der Waals surface area contributed by atoms with Crippen molar-refractivity contribution < 1.29 is 15.3 Å². The molecule has 4 atom stereocenters. The highest BCUT2D eigenvalue weighted by molar-refractivity contribution is 4.91. The molecule has 4 nitrogen and oxygen atoms in total. The van der Waals surface area contributed by atoms with E-state index in [1.54, 1.807) is 0 Å². The second-order valence-corrected chi connectivity index (χ2v) is 5.56. The van der Waals surface area contributed by atoms with E-state index in [9.17, 15) is 10.2 Å². The lowest BCUT2D eigenvalue weighted by Gasteiger charge is -2.37. The van der Waals surface area contributed by atoms with Gasteiger partial charge in [-0.25, -0.2) is 0 Å². The van der Waals surface area contributed by atoms with Gasteiger partial charge in [0.25, 0.3) is 0 Å². The highest BCUT2D eigenvalue weighted by Gasteiger charge is 2.37. The number of β-amino-alcohol motifs (C(OH)–C–C–N with tert-alkyl or cyclic N) is 1. The average molecular weight is 243 g/mol. The quantitative estimate of drug-likeness (QED) is 0.667. The number of aliphatic hydroxyl groups excluding tert-OH is 3. The summed E-state index contributed by atoms with van der Waals surface area (Å²) in [7, 11) is 0. The van der Waals surface area contributed by atoms with Gasteiger partial charge in [0.2, 0.25) is 0 Å². The molecule has 0 radical (unpaired) electrons. The maximum absolute atomic E-state index is 10.1. The van der Waals surface area contributed by atoms with Gasteiger partial charge >= 0.3 is 0 Å². The van der Waals surface area contributed by atoms with E-state index in [-0.39, 0.29) is 12.7 Å². The average Bonchev–Trinajstić information content (AvgIpc) is 2.77. The van der Waals surface area contributed by atoms with Crippen molar-refractivity contribution in [3.63, 3.8) is 0 Å². The molecule has 1 aliphatic heterocycles. The van der Waals surface area contributed by atoms with E-state index in [0.29, 0.717) is 18.5 Å². The summed E-state index contributed by atoms with van der Waals surface area (Å²) >= 11 is 0. The van der Waals surface area contributed by atoms with E-state index < -0.39 is 6.10 Å². The predicted molar refractivity (Wildman–Crippen MR) is 65.7 cm³/mol. The lowest BCUT2D eigenvalue weighted by molar-refractivity contribution is 0.000558. The van der Waals surface area contributed by atoms with Crippen LogP contribution >= 0.6 is 0 Å². The van der Waals surface area contributed by atoms with Gasteiger partial charge in [-0.05, 0) is 32.2 Å². The number of likely N-dealkylation sites (tertiary alicyclic amines) is 1. The molecule has 1 aliphatic carbocycles. The first-order valence-electron chi connectivity index (χ1n) is 6.93. The Labute approximate surface area is 103 Å². The van der Waals surface area contributed by atoms with Crippen molar-refractivity contribution in [2.45, 2.75) is 56.8 Å². The zero-order chi connectivity index (χ0) is 12.3. The number of nitrogens with zero attached hydrogens (tertiary/aromatic N) is 1. The van der Waals surface area contributed by atoms with E-state index >= 15 is 0 Å². The Morgan fingerprint density at radius 1 is 1.12 bits per heavy atom. The Balaban J connectivity index is 1.93. The number of hydrogen-bond acceptors (Lipinski definition) is 4. The van der Waals surface area contributed by atoms with Crippen LogP contribution in [0.2, 0.25) is 0 Å². The van der Waals surface area contributed by atoms with Gasteiger partial charge in [-0.1, -0.05) is 12.8 Å². The highest BCUT2D eigenvalue weighted by atomic mass is 16.3. The third-order valence-corrected chi connectivity index (χ3v) is 4.35. The Bertz CT molecular complexity index is 237. The van der Waals surface area contributed by atoms with Gasteiger partial charge in [-0.2, -0.15) is 0 Å². The zero-order valence-electron chi connectivity index (χ0n) is 10.5. The summed E-state index contributed by atoms with van der Waals surface area (Å²) in [6, 6.07) is 0.409. The van der Waals surface area contributed by atoms with Crippen molar-refractivity contribution in [3.05, 3.63) is 0 Å². The molecule has 0 aromatic rings. The van der Waals surface area contributed by atoms with Gasteiger partial charge in [0.15, 0.2) is 0 Å². The molecule has 4 unspecified atom stereocenters. The van der Waals surface area contributed by atoms with Crippen LogP contribution in [0.5, 0.6) is 0 Å². The third kappa shape index (κ3) is 3.19. The predicted octanol–water partition coefficient (Wildman–Crippen LogP) is 0.355.